The first-order chi connectivity index (χ1) is 13.8. The maximum absolute atomic E-state index is 12.8. The summed E-state index contributed by atoms with van der Waals surface area (Å²) in [7, 11) is 1.67. The molecule has 29 heavy (non-hydrogen) atoms. The summed E-state index contributed by atoms with van der Waals surface area (Å²) in [6.07, 6.45) is 0.798. The zero-order chi connectivity index (χ0) is 21.1. The molecule has 0 saturated heterocycles. The average Bonchev–Trinajstić information content (AvgIpc) is 2.92. The molecule has 0 aliphatic rings. The molecule has 0 aliphatic carbocycles. The van der Waals surface area contributed by atoms with Crippen molar-refractivity contribution in [1.29, 1.82) is 0 Å². The molecule has 1 aromatic heterocycles. The first-order valence-corrected chi connectivity index (χ1v) is 9.03. The molecule has 7 nitrogen and oxygen atoms in total. The van der Waals surface area contributed by atoms with E-state index in [-0.39, 0.29) is 11.4 Å². The molecule has 2 N–H and O–H groups in total. The van der Waals surface area contributed by atoms with Crippen LogP contribution in [0.4, 0.5) is 5.69 Å². The number of ketones is 1. The van der Waals surface area contributed by atoms with Crippen molar-refractivity contribution in [1.82, 2.24) is 9.36 Å². The molecule has 0 fully saturated rings. The number of aromatic nitrogens is 2. The number of nitrogens with zero attached hydrogens (tertiary/aromatic N) is 2. The van der Waals surface area contributed by atoms with Crippen LogP contribution in [0.3, 0.4) is 0 Å². The fourth-order valence-electron chi connectivity index (χ4n) is 2.78. The van der Waals surface area contributed by atoms with Crippen molar-refractivity contribution in [3.63, 3.8) is 0 Å². The number of aliphatic hydroxyl groups excluding tert-OH is 1. The maximum Gasteiger partial charge on any atom is 0.296 e. The number of hydrogen-bond donors (Lipinski definition) is 2. The van der Waals surface area contributed by atoms with Crippen LogP contribution in [0.15, 0.2) is 65.5 Å². The molecule has 1 heterocycles. The number of rotatable bonds is 5. The number of para-hydroxylation sites is 1. The summed E-state index contributed by atoms with van der Waals surface area (Å²) in [6.45, 7) is 1.65. The zero-order valence-electron chi connectivity index (χ0n) is 15.7. The highest BCUT2D eigenvalue weighted by Crippen LogP contribution is 2.16. The van der Waals surface area contributed by atoms with Crippen molar-refractivity contribution < 1.29 is 14.7 Å². The Hall–Kier alpha value is -3.58. The highest BCUT2D eigenvalue weighted by Gasteiger charge is 2.21. The van der Waals surface area contributed by atoms with E-state index in [1.54, 1.807) is 55.1 Å². The molecule has 8 heteroatoms. The first-order valence-electron chi connectivity index (χ1n) is 8.65. The van der Waals surface area contributed by atoms with Gasteiger partial charge in [0.25, 0.3) is 11.5 Å². The largest absolute Gasteiger partial charge is 0.507 e. The minimum atomic E-state index is -1.03. The van der Waals surface area contributed by atoms with E-state index in [9.17, 15) is 19.5 Å². The average molecular weight is 412 g/mol. The monoisotopic (exact) mass is 411 g/mol. The minimum absolute atomic E-state index is 0.00548. The summed E-state index contributed by atoms with van der Waals surface area (Å²) in [5.41, 5.74) is 0.955. The third-order valence-electron chi connectivity index (χ3n) is 4.42. The number of carbonyl (C=O) groups is 2. The van der Waals surface area contributed by atoms with Crippen LogP contribution in [-0.4, -0.2) is 26.2 Å². The molecule has 0 saturated carbocycles. The van der Waals surface area contributed by atoms with Crippen LogP contribution < -0.4 is 10.9 Å². The Bertz CT molecular complexity index is 1160. The van der Waals surface area contributed by atoms with E-state index in [4.69, 9.17) is 11.6 Å². The number of nitrogens with one attached hydrogen (secondary N) is 1. The number of aliphatic hydroxyl groups is 1. The molecule has 0 unspecified atom stereocenters. The van der Waals surface area contributed by atoms with E-state index < -0.39 is 17.2 Å². The molecule has 0 spiro atoms. The Labute approximate surface area is 171 Å². The first kappa shape index (κ1) is 20.2. The van der Waals surface area contributed by atoms with Crippen LogP contribution in [0.25, 0.3) is 11.4 Å². The Kier molecular flexibility index (Phi) is 5.70. The van der Waals surface area contributed by atoms with E-state index >= 15 is 0 Å². The molecule has 148 valence electrons. The molecule has 0 atom stereocenters. The number of amides is 1. The van der Waals surface area contributed by atoms with Crippen molar-refractivity contribution in [2.24, 2.45) is 7.05 Å². The molecule has 0 aliphatic heterocycles. The number of benzene rings is 2. The molecular formula is C21H18ClN3O4. The van der Waals surface area contributed by atoms with Gasteiger partial charge in [0.05, 0.1) is 11.4 Å². The summed E-state index contributed by atoms with van der Waals surface area (Å²) >= 11 is 5.79. The van der Waals surface area contributed by atoms with Crippen molar-refractivity contribution in [3.8, 4) is 5.69 Å². The molecule has 3 aromatic rings. The molecule has 1 amide bonds. The maximum atomic E-state index is 12.8. The van der Waals surface area contributed by atoms with E-state index in [2.05, 4.69) is 5.32 Å². The number of carbonyl (C=O) groups excluding carboxylic acids is 2. The van der Waals surface area contributed by atoms with Crippen LogP contribution in [0, 0.1) is 6.92 Å². The third kappa shape index (κ3) is 4.14. The predicted molar refractivity (Wildman–Crippen MR) is 111 cm³/mol. The Morgan fingerprint density at radius 3 is 2.31 bits per heavy atom. The third-order valence-corrected chi connectivity index (χ3v) is 4.68. The van der Waals surface area contributed by atoms with Gasteiger partial charge in [-0.15, -0.1) is 0 Å². The van der Waals surface area contributed by atoms with Gasteiger partial charge in [-0.1, -0.05) is 29.8 Å². The van der Waals surface area contributed by atoms with Gasteiger partial charge in [-0.3, -0.25) is 19.1 Å². The number of anilines is 1. The van der Waals surface area contributed by atoms with Gasteiger partial charge in [0.2, 0.25) is 5.78 Å². The van der Waals surface area contributed by atoms with Crippen LogP contribution in [0.2, 0.25) is 5.02 Å². The van der Waals surface area contributed by atoms with E-state index in [1.807, 2.05) is 6.07 Å². The van der Waals surface area contributed by atoms with Crippen LogP contribution in [0.1, 0.15) is 11.3 Å². The normalized spacial score (nSPS) is 11.3. The number of hydrogen-bond acceptors (Lipinski definition) is 4. The SMILES string of the molecule is Cc1c(NC(=O)C(=O)/C=C(/O)c2ccc(Cl)cc2)c(=O)n(-c2ccccc2)n1C. The molecule has 0 bridgehead atoms. The fourth-order valence-corrected chi connectivity index (χ4v) is 2.91. The summed E-state index contributed by atoms with van der Waals surface area (Å²) in [6, 6.07) is 15.0. The lowest BCUT2D eigenvalue weighted by molar-refractivity contribution is -0.132. The second kappa shape index (κ2) is 8.20. The molecule has 2 aromatic carbocycles. The lowest BCUT2D eigenvalue weighted by Crippen LogP contribution is -2.26. The van der Waals surface area contributed by atoms with Gasteiger partial charge in [0.15, 0.2) is 0 Å². The summed E-state index contributed by atoms with van der Waals surface area (Å²) < 4.78 is 2.97. The van der Waals surface area contributed by atoms with Crippen LogP contribution in [-0.2, 0) is 16.6 Å². The summed E-state index contributed by atoms with van der Waals surface area (Å²) in [5.74, 6) is -2.41. The van der Waals surface area contributed by atoms with Gasteiger partial charge in [-0.25, -0.2) is 4.68 Å². The smallest absolute Gasteiger partial charge is 0.296 e. The van der Waals surface area contributed by atoms with Crippen LogP contribution in [0.5, 0.6) is 0 Å². The van der Waals surface area contributed by atoms with E-state index in [0.29, 0.717) is 22.0 Å². The van der Waals surface area contributed by atoms with Gasteiger partial charge in [-0.05, 0) is 43.3 Å². The van der Waals surface area contributed by atoms with Gasteiger partial charge in [0.1, 0.15) is 11.4 Å². The van der Waals surface area contributed by atoms with Crippen molar-refractivity contribution in [3.05, 3.63) is 87.3 Å². The van der Waals surface area contributed by atoms with Gasteiger partial charge < -0.3 is 10.4 Å². The van der Waals surface area contributed by atoms with E-state index in [1.165, 1.54) is 16.8 Å². The van der Waals surface area contributed by atoms with Crippen molar-refractivity contribution >= 4 is 34.7 Å². The van der Waals surface area contributed by atoms with Crippen molar-refractivity contribution in [2.45, 2.75) is 6.92 Å². The second-order valence-electron chi connectivity index (χ2n) is 6.29. The van der Waals surface area contributed by atoms with Crippen LogP contribution >= 0.6 is 11.6 Å². The quantitative estimate of drug-likeness (QED) is 0.383. The minimum Gasteiger partial charge on any atom is -0.507 e. The predicted octanol–water partition coefficient (Wildman–Crippen LogP) is 3.24. The van der Waals surface area contributed by atoms with E-state index in [0.717, 1.165) is 6.08 Å². The highest BCUT2D eigenvalue weighted by atomic mass is 35.5. The Morgan fingerprint density at radius 2 is 1.69 bits per heavy atom. The molecule has 0 radical (unpaired) electrons. The fraction of sp³-hybridized carbons (Fsp3) is 0.0952. The highest BCUT2D eigenvalue weighted by molar-refractivity contribution is 6.45. The lowest BCUT2D eigenvalue weighted by atomic mass is 10.1. The topological polar surface area (TPSA) is 93.3 Å². The molecule has 3 rings (SSSR count). The standard InChI is InChI=1S/C21H18ClN3O4/c1-13-19(21(29)25(24(13)2)16-6-4-3-5-7-16)23-20(28)18(27)12-17(26)14-8-10-15(22)11-9-14/h3-12,26H,1-2H3,(H,23,28)/b17-12+. The van der Waals surface area contributed by atoms with Crippen molar-refractivity contribution in [2.75, 3.05) is 5.32 Å². The molecular weight excluding hydrogens is 394 g/mol. The summed E-state index contributed by atoms with van der Waals surface area (Å²) in [5, 5.41) is 12.9. The van der Waals surface area contributed by atoms with Gasteiger partial charge >= 0.3 is 0 Å². The second-order valence-corrected chi connectivity index (χ2v) is 6.73. The Balaban J connectivity index is 1.86. The Morgan fingerprint density at radius 1 is 1.07 bits per heavy atom. The lowest BCUT2D eigenvalue weighted by Gasteiger charge is -2.07. The number of halogens is 1. The zero-order valence-corrected chi connectivity index (χ0v) is 16.5. The van der Waals surface area contributed by atoms with Gasteiger partial charge in [0, 0.05) is 23.7 Å². The summed E-state index contributed by atoms with van der Waals surface area (Å²) in [4.78, 5) is 37.3. The van der Waals surface area contributed by atoms with Gasteiger partial charge in [-0.2, -0.15) is 0 Å².